The van der Waals surface area contributed by atoms with E-state index in [4.69, 9.17) is 5.11 Å². The summed E-state index contributed by atoms with van der Waals surface area (Å²) in [6.45, 7) is 0.510. The van der Waals surface area contributed by atoms with Gasteiger partial charge in [-0.1, -0.05) is 18.2 Å². The van der Waals surface area contributed by atoms with Gasteiger partial charge in [-0.15, -0.1) is 11.3 Å². The number of carbonyl (C=O) groups excluding carboxylic acids is 1. The van der Waals surface area contributed by atoms with Crippen molar-refractivity contribution in [2.75, 3.05) is 6.54 Å². The van der Waals surface area contributed by atoms with Crippen molar-refractivity contribution in [1.82, 2.24) is 5.32 Å². The molecule has 2 aromatic rings. The van der Waals surface area contributed by atoms with Crippen molar-refractivity contribution in [3.8, 4) is 0 Å². The summed E-state index contributed by atoms with van der Waals surface area (Å²) in [6.07, 6.45) is 1.41. The Balaban J connectivity index is 1.88. The Labute approximate surface area is 115 Å². The van der Waals surface area contributed by atoms with Crippen LogP contribution in [0.2, 0.25) is 0 Å². The average Bonchev–Trinajstić information content (AvgIpc) is 2.81. The van der Waals surface area contributed by atoms with Gasteiger partial charge in [0.25, 0.3) is 5.91 Å². The number of thiophene rings is 1. The first kappa shape index (κ1) is 13.5. The number of hydrogen-bond donors (Lipinski definition) is 2. The highest BCUT2D eigenvalue weighted by Crippen LogP contribution is 2.25. The molecular weight excluding hydrogens is 262 g/mol. The lowest BCUT2D eigenvalue weighted by Crippen LogP contribution is -2.24. The minimum atomic E-state index is -0.796. The molecule has 0 aliphatic heterocycles. The highest BCUT2D eigenvalue weighted by Gasteiger charge is 2.10. The third-order valence-corrected chi connectivity index (χ3v) is 3.79. The van der Waals surface area contributed by atoms with Crippen LogP contribution in [0.1, 0.15) is 29.6 Å². The lowest BCUT2D eigenvalue weighted by atomic mass is 10.1. The van der Waals surface area contributed by atoms with Crippen molar-refractivity contribution in [2.24, 2.45) is 0 Å². The molecule has 1 heterocycles. The van der Waals surface area contributed by atoms with E-state index in [9.17, 15) is 9.59 Å². The van der Waals surface area contributed by atoms with Gasteiger partial charge in [0.15, 0.2) is 0 Å². The Morgan fingerprint density at radius 1 is 1.21 bits per heavy atom. The highest BCUT2D eigenvalue weighted by molar-refractivity contribution is 7.17. The van der Waals surface area contributed by atoms with Gasteiger partial charge in [-0.2, -0.15) is 0 Å². The molecule has 0 aliphatic rings. The van der Waals surface area contributed by atoms with Crippen LogP contribution in [0.15, 0.2) is 29.6 Å². The van der Waals surface area contributed by atoms with Crippen LogP contribution in [0, 0.1) is 0 Å². The first-order valence-electron chi connectivity index (χ1n) is 6.14. The molecule has 0 spiro atoms. The summed E-state index contributed by atoms with van der Waals surface area (Å²) < 4.78 is 1.10. The summed E-state index contributed by atoms with van der Waals surface area (Å²) in [5.74, 6) is -0.886. The molecule has 1 aromatic carbocycles. The first-order valence-corrected chi connectivity index (χ1v) is 7.02. The van der Waals surface area contributed by atoms with E-state index in [1.807, 2.05) is 29.6 Å². The maximum atomic E-state index is 12.0. The summed E-state index contributed by atoms with van der Waals surface area (Å²) in [4.78, 5) is 22.3. The molecule has 4 nitrogen and oxygen atoms in total. The van der Waals surface area contributed by atoms with E-state index in [1.54, 1.807) is 11.3 Å². The van der Waals surface area contributed by atoms with E-state index in [0.29, 0.717) is 24.9 Å². The van der Waals surface area contributed by atoms with Gasteiger partial charge in [0.1, 0.15) is 0 Å². The predicted octanol–water partition coefficient (Wildman–Crippen LogP) is 2.89. The first-order chi connectivity index (χ1) is 9.18. The molecule has 0 aliphatic carbocycles. The number of fused-ring (bicyclic) bond motifs is 1. The molecule has 5 heteroatoms. The van der Waals surface area contributed by atoms with Crippen molar-refractivity contribution in [3.63, 3.8) is 0 Å². The molecule has 1 aromatic heterocycles. The number of carboxylic acid groups (broad SMARTS) is 1. The van der Waals surface area contributed by atoms with E-state index >= 15 is 0 Å². The number of unbranched alkanes of at least 4 members (excludes halogenated alkanes) is 1. The van der Waals surface area contributed by atoms with Crippen molar-refractivity contribution in [3.05, 3.63) is 35.2 Å². The number of hydrogen-bond acceptors (Lipinski definition) is 3. The van der Waals surface area contributed by atoms with Gasteiger partial charge >= 0.3 is 5.97 Å². The molecule has 0 atom stereocenters. The zero-order valence-electron chi connectivity index (χ0n) is 10.4. The van der Waals surface area contributed by atoms with Gasteiger partial charge in [-0.05, 0) is 18.9 Å². The van der Waals surface area contributed by atoms with Crippen LogP contribution in [0.3, 0.4) is 0 Å². The number of carboxylic acids is 1. The van der Waals surface area contributed by atoms with Crippen LogP contribution in [0.5, 0.6) is 0 Å². The summed E-state index contributed by atoms with van der Waals surface area (Å²) in [5, 5.41) is 14.2. The van der Waals surface area contributed by atoms with Gasteiger partial charge in [0.05, 0.1) is 5.56 Å². The maximum absolute atomic E-state index is 12.0. The monoisotopic (exact) mass is 277 g/mol. The van der Waals surface area contributed by atoms with Crippen molar-refractivity contribution in [2.45, 2.75) is 19.3 Å². The summed E-state index contributed by atoms with van der Waals surface area (Å²) in [7, 11) is 0. The zero-order chi connectivity index (χ0) is 13.7. The van der Waals surface area contributed by atoms with E-state index in [0.717, 1.165) is 10.1 Å². The van der Waals surface area contributed by atoms with Gasteiger partial charge in [0.2, 0.25) is 0 Å². The topological polar surface area (TPSA) is 66.4 Å². The van der Waals surface area contributed by atoms with Crippen LogP contribution < -0.4 is 5.32 Å². The normalized spacial score (nSPS) is 10.5. The lowest BCUT2D eigenvalue weighted by molar-refractivity contribution is -0.137. The number of benzene rings is 1. The smallest absolute Gasteiger partial charge is 0.303 e. The average molecular weight is 277 g/mol. The van der Waals surface area contributed by atoms with Crippen LogP contribution in [-0.2, 0) is 4.79 Å². The van der Waals surface area contributed by atoms with Crippen LogP contribution in [0.25, 0.3) is 10.1 Å². The third-order valence-electron chi connectivity index (χ3n) is 2.83. The molecule has 1 amide bonds. The summed E-state index contributed by atoms with van der Waals surface area (Å²) >= 11 is 1.55. The van der Waals surface area contributed by atoms with Gasteiger partial charge in [0, 0.05) is 28.4 Å². The Bertz CT molecular complexity index is 591. The largest absolute Gasteiger partial charge is 0.481 e. The van der Waals surface area contributed by atoms with E-state index in [2.05, 4.69) is 5.32 Å². The van der Waals surface area contributed by atoms with E-state index in [-0.39, 0.29) is 12.3 Å². The number of rotatable bonds is 6. The molecule has 2 N–H and O–H groups in total. The molecule has 0 fully saturated rings. The Kier molecular flexibility index (Phi) is 4.52. The van der Waals surface area contributed by atoms with Crippen LogP contribution in [0.4, 0.5) is 0 Å². The Morgan fingerprint density at radius 3 is 2.79 bits per heavy atom. The predicted molar refractivity (Wildman–Crippen MR) is 75.6 cm³/mol. The Hall–Kier alpha value is -1.88. The molecule has 19 heavy (non-hydrogen) atoms. The number of aliphatic carboxylic acids is 1. The number of carbonyl (C=O) groups is 2. The number of nitrogens with one attached hydrogen (secondary N) is 1. The molecule has 0 saturated heterocycles. The fourth-order valence-corrected chi connectivity index (χ4v) is 2.79. The molecule has 2 rings (SSSR count). The second-order valence-corrected chi connectivity index (χ2v) is 5.16. The quantitative estimate of drug-likeness (QED) is 0.798. The molecule has 0 saturated carbocycles. The minimum absolute atomic E-state index is 0.0900. The fourth-order valence-electron chi connectivity index (χ4n) is 1.85. The zero-order valence-corrected chi connectivity index (χ0v) is 11.2. The van der Waals surface area contributed by atoms with E-state index in [1.165, 1.54) is 0 Å². The SMILES string of the molecule is O=C(O)CCCCNC(=O)c1csc2ccccc12. The second kappa shape index (κ2) is 6.33. The van der Waals surface area contributed by atoms with Crippen molar-refractivity contribution >= 4 is 33.3 Å². The van der Waals surface area contributed by atoms with Gasteiger partial charge in [-0.3, -0.25) is 9.59 Å². The molecule has 0 radical (unpaired) electrons. The molecule has 0 unspecified atom stereocenters. The van der Waals surface area contributed by atoms with Crippen molar-refractivity contribution in [1.29, 1.82) is 0 Å². The molecule has 0 bridgehead atoms. The number of amides is 1. The standard InChI is InChI=1S/C14H15NO3S/c16-13(17)7-3-4-8-15-14(18)11-9-19-12-6-2-1-5-10(11)12/h1-2,5-6,9H,3-4,7-8H2,(H,15,18)(H,16,17). The van der Waals surface area contributed by atoms with Crippen LogP contribution in [-0.4, -0.2) is 23.5 Å². The Morgan fingerprint density at radius 2 is 2.00 bits per heavy atom. The fraction of sp³-hybridized carbons (Fsp3) is 0.286. The maximum Gasteiger partial charge on any atom is 0.303 e. The third kappa shape index (κ3) is 3.54. The van der Waals surface area contributed by atoms with E-state index < -0.39 is 5.97 Å². The highest BCUT2D eigenvalue weighted by atomic mass is 32.1. The molecular formula is C14H15NO3S. The lowest BCUT2D eigenvalue weighted by Gasteiger charge is -2.03. The minimum Gasteiger partial charge on any atom is -0.481 e. The summed E-state index contributed by atoms with van der Waals surface area (Å²) in [6, 6.07) is 7.79. The second-order valence-electron chi connectivity index (χ2n) is 4.25. The summed E-state index contributed by atoms with van der Waals surface area (Å²) in [5.41, 5.74) is 0.693. The molecule has 100 valence electrons. The van der Waals surface area contributed by atoms with Crippen LogP contribution >= 0.6 is 11.3 Å². The van der Waals surface area contributed by atoms with Crippen molar-refractivity contribution < 1.29 is 14.7 Å². The van der Waals surface area contributed by atoms with Gasteiger partial charge < -0.3 is 10.4 Å². The van der Waals surface area contributed by atoms with Gasteiger partial charge in [-0.25, -0.2) is 0 Å².